The lowest BCUT2D eigenvalue weighted by atomic mass is 9.95. The number of alkyl halides is 1. The molecule has 0 saturated carbocycles. The summed E-state index contributed by atoms with van der Waals surface area (Å²) in [5.74, 6) is 0.819. The van der Waals surface area contributed by atoms with E-state index in [1.165, 1.54) is 43.4 Å². The Morgan fingerprint density at radius 3 is 3.05 bits per heavy atom. The van der Waals surface area contributed by atoms with E-state index in [-0.39, 0.29) is 0 Å². The van der Waals surface area contributed by atoms with Crippen LogP contribution in [0.1, 0.15) is 19.3 Å². The molecule has 1 aliphatic heterocycles. The molecule has 0 radical (unpaired) electrons. The van der Waals surface area contributed by atoms with E-state index in [1.54, 1.807) is 0 Å². The first kappa shape index (κ1) is 12.9. The quantitative estimate of drug-likeness (QED) is 0.787. The van der Waals surface area contributed by atoms with Crippen LogP contribution in [0.5, 0.6) is 0 Å². The van der Waals surface area contributed by atoms with Crippen LogP contribution in [0.25, 0.3) is 10.9 Å². The minimum Gasteiger partial charge on any atom is -0.371 e. The Hall–Kier alpha value is -1.09. The molecule has 1 aliphatic rings. The van der Waals surface area contributed by atoms with Gasteiger partial charge in [0.25, 0.3) is 0 Å². The molecule has 1 aromatic heterocycles. The fourth-order valence-electron chi connectivity index (χ4n) is 3.03. The van der Waals surface area contributed by atoms with E-state index in [0.29, 0.717) is 0 Å². The monoisotopic (exact) mass is 318 g/mol. The van der Waals surface area contributed by atoms with Gasteiger partial charge in [-0.2, -0.15) is 0 Å². The zero-order valence-electron chi connectivity index (χ0n) is 11.1. The van der Waals surface area contributed by atoms with Crippen molar-refractivity contribution in [2.75, 3.05) is 23.3 Å². The molecule has 0 N–H and O–H groups in total. The lowest BCUT2D eigenvalue weighted by Gasteiger charge is -2.34. The largest absolute Gasteiger partial charge is 0.371 e. The maximum Gasteiger partial charge on any atom is 0.0722 e. The predicted octanol–water partition coefficient (Wildman–Crippen LogP) is 4.24. The highest BCUT2D eigenvalue weighted by atomic mass is 79.9. The summed E-state index contributed by atoms with van der Waals surface area (Å²) in [5.41, 5.74) is 2.45. The number of anilines is 1. The SMILES string of the molecule is BrCCC1CCCN(c2ccnc3ccccc23)C1. The Balaban J connectivity index is 1.91. The predicted molar refractivity (Wildman–Crippen MR) is 85.1 cm³/mol. The molecule has 1 saturated heterocycles. The Morgan fingerprint density at radius 1 is 1.26 bits per heavy atom. The van der Waals surface area contributed by atoms with Gasteiger partial charge in [0.1, 0.15) is 0 Å². The fraction of sp³-hybridized carbons (Fsp3) is 0.438. The number of hydrogen-bond donors (Lipinski definition) is 0. The zero-order chi connectivity index (χ0) is 13.1. The highest BCUT2D eigenvalue weighted by Gasteiger charge is 2.20. The van der Waals surface area contributed by atoms with Crippen molar-refractivity contribution in [1.29, 1.82) is 0 Å². The van der Waals surface area contributed by atoms with Crippen LogP contribution in [-0.2, 0) is 0 Å². The first-order valence-corrected chi connectivity index (χ1v) is 8.15. The highest BCUT2D eigenvalue weighted by Crippen LogP contribution is 2.30. The van der Waals surface area contributed by atoms with Gasteiger partial charge in [-0.25, -0.2) is 0 Å². The number of hydrogen-bond acceptors (Lipinski definition) is 2. The molecule has 2 nitrogen and oxygen atoms in total. The summed E-state index contributed by atoms with van der Waals surface area (Å²) in [6.45, 7) is 2.35. The van der Waals surface area contributed by atoms with E-state index in [1.807, 2.05) is 6.20 Å². The lowest BCUT2D eigenvalue weighted by molar-refractivity contribution is 0.408. The average Bonchev–Trinajstić information content (AvgIpc) is 2.47. The molecule has 3 rings (SSSR count). The molecule has 0 aliphatic carbocycles. The molecule has 100 valence electrons. The summed E-state index contributed by atoms with van der Waals surface area (Å²) in [6, 6.07) is 10.6. The fourth-order valence-corrected chi connectivity index (χ4v) is 3.68. The molecule has 0 spiro atoms. The van der Waals surface area contributed by atoms with Gasteiger partial charge in [-0.1, -0.05) is 34.1 Å². The maximum atomic E-state index is 4.46. The second kappa shape index (κ2) is 5.91. The number of nitrogens with zero attached hydrogens (tertiary/aromatic N) is 2. The minimum absolute atomic E-state index is 0.819. The Kier molecular flexibility index (Phi) is 4.02. The third-order valence-corrected chi connectivity index (χ3v) is 4.46. The third-order valence-electron chi connectivity index (χ3n) is 4.00. The van der Waals surface area contributed by atoms with Crippen LogP contribution in [0.3, 0.4) is 0 Å². The number of pyridine rings is 1. The van der Waals surface area contributed by atoms with Crippen LogP contribution in [0, 0.1) is 5.92 Å². The van der Waals surface area contributed by atoms with E-state index < -0.39 is 0 Å². The van der Waals surface area contributed by atoms with Gasteiger partial charge in [0, 0.05) is 35.7 Å². The van der Waals surface area contributed by atoms with Gasteiger partial charge in [-0.15, -0.1) is 0 Å². The van der Waals surface area contributed by atoms with E-state index in [0.717, 1.165) is 16.8 Å². The molecule has 0 bridgehead atoms. The van der Waals surface area contributed by atoms with E-state index in [9.17, 15) is 0 Å². The topological polar surface area (TPSA) is 16.1 Å². The standard InChI is InChI=1S/C16H19BrN2/c17-9-7-13-4-3-11-19(12-13)16-8-10-18-15-6-2-1-5-14(15)16/h1-2,5-6,8,10,13H,3-4,7,9,11-12H2. The third kappa shape index (κ3) is 2.76. The number of piperidine rings is 1. The maximum absolute atomic E-state index is 4.46. The van der Waals surface area contributed by atoms with Crippen molar-refractivity contribution in [2.45, 2.75) is 19.3 Å². The van der Waals surface area contributed by atoms with Crippen molar-refractivity contribution in [3.05, 3.63) is 36.5 Å². The van der Waals surface area contributed by atoms with Crippen molar-refractivity contribution < 1.29 is 0 Å². The average molecular weight is 319 g/mol. The van der Waals surface area contributed by atoms with Crippen molar-refractivity contribution in [1.82, 2.24) is 4.98 Å². The van der Waals surface area contributed by atoms with Gasteiger partial charge >= 0.3 is 0 Å². The highest BCUT2D eigenvalue weighted by molar-refractivity contribution is 9.09. The van der Waals surface area contributed by atoms with Gasteiger partial charge in [0.05, 0.1) is 5.52 Å². The molecule has 2 aromatic rings. The van der Waals surface area contributed by atoms with Gasteiger partial charge in [0.2, 0.25) is 0 Å². The summed E-state index contributed by atoms with van der Waals surface area (Å²) in [6.07, 6.45) is 5.88. The van der Waals surface area contributed by atoms with Gasteiger partial charge in [-0.3, -0.25) is 4.98 Å². The van der Waals surface area contributed by atoms with Crippen LogP contribution in [-0.4, -0.2) is 23.4 Å². The van der Waals surface area contributed by atoms with Crippen LogP contribution >= 0.6 is 15.9 Å². The molecule has 1 aromatic carbocycles. The molecule has 2 heterocycles. The summed E-state index contributed by atoms with van der Waals surface area (Å²) >= 11 is 3.57. The van der Waals surface area contributed by atoms with E-state index in [4.69, 9.17) is 0 Å². The molecule has 1 atom stereocenters. The summed E-state index contributed by atoms with van der Waals surface area (Å²) in [4.78, 5) is 7.00. The number of fused-ring (bicyclic) bond motifs is 1. The first-order valence-electron chi connectivity index (χ1n) is 7.03. The first-order chi connectivity index (χ1) is 9.38. The molecular formula is C16H19BrN2. The molecule has 1 fully saturated rings. The van der Waals surface area contributed by atoms with E-state index in [2.05, 4.69) is 56.1 Å². The Labute approximate surface area is 123 Å². The second-order valence-electron chi connectivity index (χ2n) is 5.28. The van der Waals surface area contributed by atoms with Crippen LogP contribution in [0.4, 0.5) is 5.69 Å². The van der Waals surface area contributed by atoms with E-state index >= 15 is 0 Å². The van der Waals surface area contributed by atoms with Crippen LogP contribution in [0.15, 0.2) is 36.5 Å². The molecule has 1 unspecified atom stereocenters. The molecular weight excluding hydrogens is 300 g/mol. The number of halogens is 1. The van der Waals surface area contributed by atoms with Crippen molar-refractivity contribution in [3.63, 3.8) is 0 Å². The summed E-state index contributed by atoms with van der Waals surface area (Å²) < 4.78 is 0. The number of benzene rings is 1. The Morgan fingerprint density at radius 2 is 2.16 bits per heavy atom. The molecule has 3 heteroatoms. The number of rotatable bonds is 3. The van der Waals surface area contributed by atoms with Crippen molar-refractivity contribution in [3.8, 4) is 0 Å². The summed E-state index contributed by atoms with van der Waals surface area (Å²) in [5, 5.41) is 2.40. The van der Waals surface area contributed by atoms with Crippen molar-refractivity contribution >= 4 is 32.5 Å². The minimum atomic E-state index is 0.819. The zero-order valence-corrected chi connectivity index (χ0v) is 12.6. The van der Waals surface area contributed by atoms with Gasteiger partial charge in [0.15, 0.2) is 0 Å². The van der Waals surface area contributed by atoms with Crippen LogP contribution < -0.4 is 4.90 Å². The molecule has 0 amide bonds. The van der Waals surface area contributed by atoms with Gasteiger partial charge < -0.3 is 4.90 Å². The lowest BCUT2D eigenvalue weighted by Crippen LogP contribution is -2.35. The smallest absolute Gasteiger partial charge is 0.0722 e. The normalized spacial score (nSPS) is 19.8. The number of aromatic nitrogens is 1. The Bertz CT molecular complexity index is 548. The number of para-hydroxylation sites is 1. The van der Waals surface area contributed by atoms with Crippen LogP contribution in [0.2, 0.25) is 0 Å². The molecule has 19 heavy (non-hydrogen) atoms. The summed E-state index contributed by atoms with van der Waals surface area (Å²) in [7, 11) is 0. The second-order valence-corrected chi connectivity index (χ2v) is 6.07. The van der Waals surface area contributed by atoms with Gasteiger partial charge in [-0.05, 0) is 37.3 Å². The van der Waals surface area contributed by atoms with Crippen molar-refractivity contribution in [2.24, 2.45) is 5.92 Å².